The molecule has 1 fully saturated rings. The van der Waals surface area contributed by atoms with E-state index in [1.807, 2.05) is 6.92 Å². The maximum Gasteiger partial charge on any atom is 0.381 e. The van der Waals surface area contributed by atoms with Crippen molar-refractivity contribution in [2.45, 2.75) is 91.6 Å². The van der Waals surface area contributed by atoms with E-state index < -0.39 is 39.7 Å². The van der Waals surface area contributed by atoms with Crippen molar-refractivity contribution < 1.29 is 39.5 Å². The standard InChI is InChI=1S/C15H20F9I/c1-2-3-4-5-6-7-8-10(25)9-11(16)12(17,18)14(21,22)15(23,24)13(11,19)20/h10H,2-9H2,1H3. The van der Waals surface area contributed by atoms with Gasteiger partial charge in [0.2, 0.25) is 0 Å². The molecule has 0 N–H and O–H groups in total. The van der Waals surface area contributed by atoms with Crippen molar-refractivity contribution in [2.24, 2.45) is 0 Å². The summed E-state index contributed by atoms with van der Waals surface area (Å²) in [5.41, 5.74) is -5.30. The predicted molar refractivity (Wildman–Crippen MR) is 84.0 cm³/mol. The Morgan fingerprint density at radius 2 is 1.04 bits per heavy atom. The fraction of sp³-hybridized carbons (Fsp3) is 1.00. The zero-order valence-corrected chi connectivity index (χ0v) is 15.7. The molecular formula is C15H20F9I. The molecule has 0 radical (unpaired) electrons. The summed E-state index contributed by atoms with van der Waals surface area (Å²) >= 11 is 1.37. The highest BCUT2D eigenvalue weighted by atomic mass is 127. The van der Waals surface area contributed by atoms with Gasteiger partial charge in [-0.1, -0.05) is 68.0 Å². The van der Waals surface area contributed by atoms with E-state index in [0.29, 0.717) is 12.8 Å². The molecule has 150 valence electrons. The molecular weight excluding hydrogens is 478 g/mol. The van der Waals surface area contributed by atoms with Gasteiger partial charge in [0.05, 0.1) is 0 Å². The minimum atomic E-state index is -6.46. The smallest absolute Gasteiger partial charge is 0.230 e. The third-order valence-electron chi connectivity index (χ3n) is 4.55. The number of hydrogen-bond donors (Lipinski definition) is 0. The molecule has 25 heavy (non-hydrogen) atoms. The van der Waals surface area contributed by atoms with E-state index in [1.54, 1.807) is 0 Å². The van der Waals surface area contributed by atoms with Crippen LogP contribution in [0, 0.1) is 0 Å². The van der Waals surface area contributed by atoms with Crippen molar-refractivity contribution in [1.29, 1.82) is 0 Å². The minimum Gasteiger partial charge on any atom is -0.230 e. The van der Waals surface area contributed by atoms with Crippen LogP contribution in [0.15, 0.2) is 0 Å². The molecule has 0 saturated heterocycles. The van der Waals surface area contributed by atoms with Crippen molar-refractivity contribution in [3.05, 3.63) is 0 Å². The highest BCUT2D eigenvalue weighted by molar-refractivity contribution is 14.1. The number of hydrogen-bond acceptors (Lipinski definition) is 0. The summed E-state index contributed by atoms with van der Waals surface area (Å²) in [6, 6.07) is 0. The molecule has 1 rings (SSSR count). The lowest BCUT2D eigenvalue weighted by molar-refractivity contribution is -0.303. The van der Waals surface area contributed by atoms with Crippen LogP contribution < -0.4 is 0 Å². The molecule has 0 aliphatic heterocycles. The number of rotatable bonds is 9. The monoisotopic (exact) mass is 498 g/mol. The Labute approximate surface area is 154 Å². The molecule has 0 heterocycles. The Hall–Kier alpha value is 0.1000. The second kappa shape index (κ2) is 7.61. The quantitative estimate of drug-likeness (QED) is 0.137. The summed E-state index contributed by atoms with van der Waals surface area (Å²) in [6.45, 7) is 2.00. The maximum atomic E-state index is 14.3. The molecule has 0 aromatic carbocycles. The third-order valence-corrected chi connectivity index (χ3v) is 5.62. The summed E-state index contributed by atoms with van der Waals surface area (Å²) in [6.07, 6.45) is 2.96. The van der Waals surface area contributed by atoms with Gasteiger partial charge in [-0.25, -0.2) is 4.39 Å². The van der Waals surface area contributed by atoms with Gasteiger partial charge in [-0.15, -0.1) is 0 Å². The SMILES string of the molecule is CCCCCCCCC(I)CC1(F)C(F)(F)C(F)(F)C(F)(F)C1(F)F. The van der Waals surface area contributed by atoms with Crippen LogP contribution in [0.25, 0.3) is 0 Å². The van der Waals surface area contributed by atoms with E-state index >= 15 is 0 Å². The lowest BCUT2D eigenvalue weighted by Crippen LogP contribution is -2.55. The van der Waals surface area contributed by atoms with E-state index in [-0.39, 0.29) is 6.42 Å². The summed E-state index contributed by atoms with van der Waals surface area (Å²) < 4.78 is 120. The van der Waals surface area contributed by atoms with Gasteiger partial charge in [0, 0.05) is 10.3 Å². The minimum absolute atomic E-state index is 0.00164. The van der Waals surface area contributed by atoms with E-state index in [1.165, 1.54) is 22.6 Å². The first-order valence-corrected chi connectivity index (χ1v) is 9.29. The molecule has 0 aromatic heterocycles. The van der Waals surface area contributed by atoms with Crippen LogP contribution in [0.3, 0.4) is 0 Å². The van der Waals surface area contributed by atoms with Crippen molar-refractivity contribution in [3.63, 3.8) is 0 Å². The molecule has 0 spiro atoms. The van der Waals surface area contributed by atoms with Crippen LogP contribution in [0.1, 0.15) is 58.3 Å². The zero-order chi connectivity index (χ0) is 19.7. The largest absolute Gasteiger partial charge is 0.381 e. The highest BCUT2D eigenvalue weighted by Crippen LogP contribution is 2.70. The van der Waals surface area contributed by atoms with Crippen LogP contribution in [-0.4, -0.2) is 33.3 Å². The first-order valence-electron chi connectivity index (χ1n) is 8.05. The van der Waals surface area contributed by atoms with Gasteiger partial charge in [-0.3, -0.25) is 0 Å². The van der Waals surface area contributed by atoms with Gasteiger partial charge in [0.25, 0.3) is 5.67 Å². The van der Waals surface area contributed by atoms with Crippen molar-refractivity contribution >= 4 is 22.6 Å². The number of alkyl halides is 10. The van der Waals surface area contributed by atoms with Gasteiger partial charge >= 0.3 is 23.7 Å². The van der Waals surface area contributed by atoms with Gasteiger partial charge in [0.1, 0.15) is 0 Å². The Balaban J connectivity index is 2.81. The summed E-state index contributed by atoms with van der Waals surface area (Å²) in [7, 11) is 0. The molecule has 0 nitrogen and oxygen atoms in total. The van der Waals surface area contributed by atoms with Gasteiger partial charge in [-0.05, 0) is 6.42 Å². The molecule has 0 aromatic rings. The fourth-order valence-corrected chi connectivity index (χ4v) is 3.95. The first kappa shape index (κ1) is 23.1. The van der Waals surface area contributed by atoms with Crippen LogP contribution in [-0.2, 0) is 0 Å². The maximum absolute atomic E-state index is 14.3. The number of unbranched alkanes of at least 4 members (excludes halogenated alkanes) is 5. The molecule has 0 amide bonds. The van der Waals surface area contributed by atoms with Crippen molar-refractivity contribution in [2.75, 3.05) is 0 Å². The average molecular weight is 498 g/mol. The molecule has 1 atom stereocenters. The molecule has 1 unspecified atom stereocenters. The summed E-state index contributed by atoms with van der Waals surface area (Å²) in [5, 5.41) is 0. The lowest BCUT2D eigenvalue weighted by Gasteiger charge is -2.32. The molecule has 1 aliphatic carbocycles. The van der Waals surface area contributed by atoms with E-state index in [9.17, 15) is 39.5 Å². The zero-order valence-electron chi connectivity index (χ0n) is 13.5. The average Bonchev–Trinajstić information content (AvgIpc) is 2.53. The molecule has 1 saturated carbocycles. The van der Waals surface area contributed by atoms with E-state index in [2.05, 4.69) is 0 Å². The Kier molecular flexibility index (Phi) is 7.05. The molecule has 0 bridgehead atoms. The Morgan fingerprint density at radius 3 is 1.48 bits per heavy atom. The van der Waals surface area contributed by atoms with Crippen molar-refractivity contribution in [3.8, 4) is 0 Å². The second-order valence-electron chi connectivity index (χ2n) is 6.46. The molecule has 10 heteroatoms. The highest BCUT2D eigenvalue weighted by Gasteiger charge is 3.00. The van der Waals surface area contributed by atoms with Gasteiger partial charge < -0.3 is 0 Å². The van der Waals surface area contributed by atoms with Gasteiger partial charge in [0.15, 0.2) is 0 Å². The number of halogens is 10. The normalized spacial score (nSPS) is 26.5. The second-order valence-corrected chi connectivity index (χ2v) is 8.22. The topological polar surface area (TPSA) is 0 Å². The van der Waals surface area contributed by atoms with Crippen LogP contribution in [0.5, 0.6) is 0 Å². The lowest BCUT2D eigenvalue weighted by atomic mass is 9.90. The summed E-state index contributed by atoms with van der Waals surface area (Å²) in [4.78, 5) is 0. The summed E-state index contributed by atoms with van der Waals surface area (Å²) in [5.74, 6) is -25.3. The van der Waals surface area contributed by atoms with Crippen LogP contribution >= 0.6 is 22.6 Å². The Bertz CT molecular complexity index is 424. The van der Waals surface area contributed by atoms with Crippen LogP contribution in [0.2, 0.25) is 0 Å². The third kappa shape index (κ3) is 3.49. The first-order chi connectivity index (χ1) is 11.2. The van der Waals surface area contributed by atoms with Crippen LogP contribution in [0.4, 0.5) is 39.5 Å². The Morgan fingerprint density at radius 1 is 0.640 bits per heavy atom. The van der Waals surface area contributed by atoms with E-state index in [4.69, 9.17) is 0 Å². The van der Waals surface area contributed by atoms with E-state index in [0.717, 1.165) is 25.7 Å². The predicted octanol–water partition coefficient (Wildman–Crippen LogP) is 7.19. The fourth-order valence-electron chi connectivity index (χ4n) is 2.90. The van der Waals surface area contributed by atoms with Gasteiger partial charge in [-0.2, -0.15) is 35.1 Å². The molecule has 1 aliphatic rings. The van der Waals surface area contributed by atoms with Crippen molar-refractivity contribution in [1.82, 2.24) is 0 Å².